The van der Waals surface area contributed by atoms with E-state index in [9.17, 15) is 4.79 Å². The van der Waals surface area contributed by atoms with Gasteiger partial charge in [0, 0.05) is 12.3 Å². The fourth-order valence-corrected chi connectivity index (χ4v) is 3.27. The fourth-order valence-electron chi connectivity index (χ4n) is 3.27. The minimum Gasteiger partial charge on any atom is -0.299 e. The van der Waals surface area contributed by atoms with Gasteiger partial charge in [-0.15, -0.1) is 0 Å². The van der Waals surface area contributed by atoms with E-state index < -0.39 is 0 Å². The molecule has 0 saturated heterocycles. The van der Waals surface area contributed by atoms with E-state index in [1.807, 2.05) is 0 Å². The lowest BCUT2D eigenvalue weighted by Gasteiger charge is -2.26. The van der Waals surface area contributed by atoms with Gasteiger partial charge in [-0.05, 0) is 30.6 Å². The van der Waals surface area contributed by atoms with E-state index in [1.54, 1.807) is 0 Å². The smallest absolute Gasteiger partial charge is 0.136 e. The first-order chi connectivity index (χ1) is 7.15. The zero-order valence-corrected chi connectivity index (χ0v) is 9.96. The third-order valence-corrected chi connectivity index (χ3v) is 4.20. The Morgan fingerprint density at radius 3 is 2.80 bits per heavy atom. The van der Waals surface area contributed by atoms with Gasteiger partial charge in [0.05, 0.1) is 0 Å². The van der Waals surface area contributed by atoms with Crippen LogP contribution in [0, 0.1) is 17.3 Å². The number of fused-ring (bicyclic) bond motifs is 2. The number of ketones is 1. The Kier molecular flexibility index (Phi) is 2.99. The molecule has 0 aromatic heterocycles. The summed E-state index contributed by atoms with van der Waals surface area (Å²) in [6.45, 7) is 4.45. The van der Waals surface area contributed by atoms with E-state index in [0.29, 0.717) is 17.6 Å². The second kappa shape index (κ2) is 4.11. The van der Waals surface area contributed by atoms with Crippen LogP contribution in [-0.4, -0.2) is 5.78 Å². The normalized spacial score (nSPS) is 37.5. The molecule has 0 spiro atoms. The van der Waals surface area contributed by atoms with Gasteiger partial charge in [-0.3, -0.25) is 4.79 Å². The van der Waals surface area contributed by atoms with Gasteiger partial charge in [0.15, 0.2) is 0 Å². The highest BCUT2D eigenvalue weighted by atomic mass is 16.1. The zero-order valence-electron chi connectivity index (χ0n) is 9.96. The molecule has 0 aromatic rings. The molecule has 1 nitrogen and oxygen atoms in total. The van der Waals surface area contributed by atoms with Crippen molar-refractivity contribution < 1.29 is 4.79 Å². The van der Waals surface area contributed by atoms with Crippen molar-refractivity contribution in [3.05, 3.63) is 12.2 Å². The molecule has 0 radical (unpaired) electrons. The summed E-state index contributed by atoms with van der Waals surface area (Å²) in [6, 6.07) is 0. The Balaban J connectivity index is 1.89. The number of Topliss-reactive ketones (excluding diaryl/α,β-unsaturated/α-hetero) is 1. The molecular formula is C14H22O. The van der Waals surface area contributed by atoms with Crippen molar-refractivity contribution >= 4 is 5.78 Å². The number of unbranched alkanes of at least 4 members (excludes halogenated alkanes) is 2. The Morgan fingerprint density at radius 1 is 1.47 bits per heavy atom. The summed E-state index contributed by atoms with van der Waals surface area (Å²) in [5.74, 6) is 1.57. The van der Waals surface area contributed by atoms with Gasteiger partial charge in [0.1, 0.15) is 5.78 Å². The Hall–Kier alpha value is -0.590. The summed E-state index contributed by atoms with van der Waals surface area (Å²) >= 11 is 0. The topological polar surface area (TPSA) is 17.1 Å². The summed E-state index contributed by atoms with van der Waals surface area (Å²) in [4.78, 5) is 12.1. The molecule has 15 heavy (non-hydrogen) atoms. The van der Waals surface area contributed by atoms with Crippen molar-refractivity contribution in [3.8, 4) is 0 Å². The maximum Gasteiger partial charge on any atom is 0.136 e. The standard InChI is InChI=1S/C14H22O/c1-3-4-5-6-13(15)12-9-11-7-8-14(12,2)10-11/h7-8,11-12H,3-6,9-10H2,1-2H3/t11-,12-,14-/m1/s1. The summed E-state index contributed by atoms with van der Waals surface area (Å²) in [5, 5.41) is 0. The van der Waals surface area contributed by atoms with Crippen LogP contribution in [0.3, 0.4) is 0 Å². The van der Waals surface area contributed by atoms with E-state index in [1.165, 1.54) is 19.3 Å². The van der Waals surface area contributed by atoms with Crippen molar-refractivity contribution in [1.82, 2.24) is 0 Å². The number of hydrogen-bond acceptors (Lipinski definition) is 1. The molecule has 0 aliphatic heterocycles. The molecule has 0 amide bonds. The summed E-state index contributed by atoms with van der Waals surface area (Å²) in [7, 11) is 0. The predicted octanol–water partition coefficient (Wildman–Crippen LogP) is 3.74. The van der Waals surface area contributed by atoms with Crippen LogP contribution in [0.1, 0.15) is 52.4 Å². The first-order valence-electron chi connectivity index (χ1n) is 6.38. The van der Waals surface area contributed by atoms with Gasteiger partial charge < -0.3 is 0 Å². The molecule has 1 saturated carbocycles. The molecule has 2 aliphatic carbocycles. The van der Waals surface area contributed by atoms with Crippen molar-refractivity contribution in [2.24, 2.45) is 17.3 Å². The van der Waals surface area contributed by atoms with E-state index >= 15 is 0 Å². The van der Waals surface area contributed by atoms with Gasteiger partial charge in [0.2, 0.25) is 0 Å². The average molecular weight is 206 g/mol. The number of hydrogen-bond donors (Lipinski definition) is 0. The maximum absolute atomic E-state index is 12.1. The molecule has 0 unspecified atom stereocenters. The van der Waals surface area contributed by atoms with Crippen LogP contribution in [0.2, 0.25) is 0 Å². The molecule has 84 valence electrons. The highest BCUT2D eigenvalue weighted by molar-refractivity contribution is 5.82. The Bertz CT molecular complexity index is 279. The molecule has 1 heteroatoms. The first-order valence-corrected chi connectivity index (χ1v) is 6.38. The van der Waals surface area contributed by atoms with Gasteiger partial charge in [-0.1, -0.05) is 38.8 Å². The summed E-state index contributed by atoms with van der Waals surface area (Å²) < 4.78 is 0. The van der Waals surface area contributed by atoms with Crippen LogP contribution in [0.5, 0.6) is 0 Å². The molecule has 0 aromatic carbocycles. The van der Waals surface area contributed by atoms with E-state index in [-0.39, 0.29) is 5.41 Å². The minimum atomic E-state index is 0.216. The summed E-state index contributed by atoms with van der Waals surface area (Å²) in [6.07, 6.45) is 11.3. The van der Waals surface area contributed by atoms with E-state index in [4.69, 9.17) is 0 Å². The molecular weight excluding hydrogens is 184 g/mol. The molecule has 0 heterocycles. The lowest BCUT2D eigenvalue weighted by atomic mass is 9.76. The molecule has 2 rings (SSSR count). The van der Waals surface area contributed by atoms with Crippen molar-refractivity contribution in [1.29, 1.82) is 0 Å². The second-order valence-electron chi connectivity index (χ2n) is 5.54. The summed E-state index contributed by atoms with van der Waals surface area (Å²) in [5.41, 5.74) is 0.216. The van der Waals surface area contributed by atoms with Crippen LogP contribution >= 0.6 is 0 Å². The van der Waals surface area contributed by atoms with Crippen LogP contribution in [0.25, 0.3) is 0 Å². The molecule has 2 aliphatic rings. The van der Waals surface area contributed by atoms with Crippen molar-refractivity contribution in [2.45, 2.75) is 52.4 Å². The zero-order chi connectivity index (χ0) is 10.9. The third-order valence-electron chi connectivity index (χ3n) is 4.20. The second-order valence-corrected chi connectivity index (χ2v) is 5.54. The number of allylic oxidation sites excluding steroid dienone is 2. The highest BCUT2D eigenvalue weighted by Gasteiger charge is 2.47. The lowest BCUT2D eigenvalue weighted by molar-refractivity contribution is -0.125. The maximum atomic E-state index is 12.1. The largest absolute Gasteiger partial charge is 0.299 e. The van der Waals surface area contributed by atoms with Crippen LogP contribution in [0.4, 0.5) is 0 Å². The highest BCUT2D eigenvalue weighted by Crippen LogP contribution is 2.53. The first kappa shape index (κ1) is 10.9. The Labute approximate surface area is 92.9 Å². The van der Waals surface area contributed by atoms with Gasteiger partial charge in [0.25, 0.3) is 0 Å². The van der Waals surface area contributed by atoms with Crippen LogP contribution < -0.4 is 0 Å². The average Bonchev–Trinajstić information content (AvgIpc) is 2.72. The predicted molar refractivity (Wildman–Crippen MR) is 62.6 cm³/mol. The van der Waals surface area contributed by atoms with Crippen molar-refractivity contribution in [3.63, 3.8) is 0 Å². The molecule has 0 N–H and O–H groups in total. The molecule has 3 atom stereocenters. The minimum absolute atomic E-state index is 0.216. The Morgan fingerprint density at radius 2 is 2.27 bits per heavy atom. The van der Waals surface area contributed by atoms with Gasteiger partial charge in [-0.25, -0.2) is 0 Å². The monoisotopic (exact) mass is 206 g/mol. The number of rotatable bonds is 5. The fraction of sp³-hybridized carbons (Fsp3) is 0.786. The number of carbonyl (C=O) groups is 1. The third kappa shape index (κ3) is 2.02. The molecule has 2 bridgehead atoms. The lowest BCUT2D eigenvalue weighted by Crippen LogP contribution is -2.27. The van der Waals surface area contributed by atoms with Crippen LogP contribution in [0.15, 0.2) is 12.2 Å². The van der Waals surface area contributed by atoms with Gasteiger partial charge >= 0.3 is 0 Å². The van der Waals surface area contributed by atoms with E-state index in [2.05, 4.69) is 26.0 Å². The van der Waals surface area contributed by atoms with Crippen molar-refractivity contribution in [2.75, 3.05) is 0 Å². The van der Waals surface area contributed by atoms with E-state index in [0.717, 1.165) is 19.3 Å². The molecule has 1 fully saturated rings. The number of carbonyl (C=O) groups excluding carboxylic acids is 1. The SMILES string of the molecule is CCCCCC(=O)[C@H]1C[C@H]2C=C[C@]1(C)C2. The quantitative estimate of drug-likeness (QED) is 0.494. The van der Waals surface area contributed by atoms with Gasteiger partial charge in [-0.2, -0.15) is 0 Å². The van der Waals surface area contributed by atoms with Crippen LogP contribution in [-0.2, 0) is 4.79 Å².